The molecule has 0 aromatic rings. The van der Waals surface area contributed by atoms with Crippen LogP contribution in [-0.2, 0) is 64.7 Å². The molecule has 0 bridgehead atoms. The van der Waals surface area contributed by atoms with Gasteiger partial charge in [0.05, 0.1) is 0 Å². The standard InChI is InChI=1S/3C6H9O3.C3H8O.Ti/c3*1-2-9-5-6(8)3-4-7;1-2-3-4;/h3*2-3,5H2,1H3;4H,2-3H2,1H3;/q3*-1;;+3. The Labute approximate surface area is 205 Å². The van der Waals surface area contributed by atoms with E-state index >= 15 is 0 Å². The van der Waals surface area contributed by atoms with E-state index in [1.54, 1.807) is 20.8 Å². The second kappa shape index (κ2) is 40.0. The normalized spacial score (nSPS) is 8.53. The molecule has 0 fully saturated rings. The molecular weight excluding hydrogens is 460 g/mol. The fourth-order valence-electron chi connectivity index (χ4n) is 1.04. The number of ketones is 3. The van der Waals surface area contributed by atoms with Crippen molar-refractivity contribution < 1.29 is 69.8 Å². The summed E-state index contributed by atoms with van der Waals surface area (Å²) in [7, 11) is 0. The van der Waals surface area contributed by atoms with Crippen LogP contribution < -0.4 is 0 Å². The van der Waals surface area contributed by atoms with E-state index in [-0.39, 0.29) is 78.2 Å². The number of ether oxygens (including phenoxy) is 3. The first-order valence-electron chi connectivity index (χ1n) is 9.78. The molecule has 11 heteroatoms. The van der Waals surface area contributed by atoms with Crippen LogP contribution in [0, 0.1) is 0 Å². The third-order valence-corrected chi connectivity index (χ3v) is 2.43. The van der Waals surface area contributed by atoms with E-state index in [2.05, 4.69) is 0 Å². The molecule has 0 aromatic heterocycles. The van der Waals surface area contributed by atoms with Gasteiger partial charge in [-0.15, -0.1) is 0 Å². The predicted octanol–water partition coefficient (Wildman–Crippen LogP) is 0.662. The quantitative estimate of drug-likeness (QED) is 0.184. The zero-order chi connectivity index (χ0) is 24.8. The Morgan fingerprint density at radius 3 is 0.969 bits per heavy atom. The zero-order valence-electron chi connectivity index (χ0n) is 19.4. The van der Waals surface area contributed by atoms with Crippen molar-refractivity contribution in [2.75, 3.05) is 46.2 Å². The second-order valence-electron chi connectivity index (χ2n) is 5.21. The molecule has 1 radical (unpaired) electrons. The SMILES string of the molecule is CCCO.CCOCC(=O)C[C-]=O.CCOCC(=O)C[C-]=O.CCOCC(=O)C[C-]=O.[Ti+3]. The van der Waals surface area contributed by atoms with E-state index in [0.717, 1.165) is 6.42 Å². The Kier molecular flexibility index (Phi) is 51.1. The van der Waals surface area contributed by atoms with E-state index in [4.69, 9.17) is 19.3 Å². The van der Waals surface area contributed by atoms with Gasteiger partial charge >= 0.3 is 21.7 Å². The van der Waals surface area contributed by atoms with Gasteiger partial charge in [0.1, 0.15) is 37.2 Å². The van der Waals surface area contributed by atoms with Crippen molar-refractivity contribution in [2.45, 2.75) is 53.4 Å². The van der Waals surface area contributed by atoms with E-state index < -0.39 is 0 Å². The van der Waals surface area contributed by atoms with Crippen LogP contribution in [-0.4, -0.2) is 87.6 Å². The van der Waals surface area contributed by atoms with Gasteiger partial charge in [-0.3, -0.25) is 33.2 Å². The molecule has 0 rings (SSSR count). The van der Waals surface area contributed by atoms with Gasteiger partial charge in [0.15, 0.2) is 0 Å². The van der Waals surface area contributed by atoms with Crippen molar-refractivity contribution in [1.29, 1.82) is 0 Å². The topological polar surface area (TPSA) is 150 Å². The summed E-state index contributed by atoms with van der Waals surface area (Å²) in [6.07, 6.45) is 4.91. The molecule has 0 aromatic carbocycles. The molecule has 0 saturated carbocycles. The molecule has 0 atom stereocenters. The van der Waals surface area contributed by atoms with Gasteiger partial charge in [0.2, 0.25) is 0 Å². The van der Waals surface area contributed by atoms with Gasteiger partial charge in [-0.1, -0.05) is 26.2 Å². The van der Waals surface area contributed by atoms with Gasteiger partial charge < -0.3 is 33.7 Å². The van der Waals surface area contributed by atoms with Gasteiger partial charge in [0, 0.05) is 26.4 Å². The van der Waals surface area contributed by atoms with Crippen molar-refractivity contribution in [3.63, 3.8) is 0 Å². The first-order chi connectivity index (χ1) is 14.8. The maximum atomic E-state index is 10.4. The third-order valence-electron chi connectivity index (χ3n) is 2.43. The average molecular weight is 495 g/mol. The van der Waals surface area contributed by atoms with Crippen LogP contribution in [0.15, 0.2) is 0 Å². The summed E-state index contributed by atoms with van der Waals surface area (Å²) in [4.78, 5) is 60.0. The fraction of sp³-hybridized carbons (Fsp3) is 0.714. The Morgan fingerprint density at radius 1 is 0.625 bits per heavy atom. The van der Waals surface area contributed by atoms with E-state index in [1.807, 2.05) is 6.92 Å². The second-order valence-corrected chi connectivity index (χ2v) is 5.21. The van der Waals surface area contributed by atoms with E-state index in [9.17, 15) is 28.8 Å². The summed E-state index contributed by atoms with van der Waals surface area (Å²) in [6.45, 7) is 9.23. The molecule has 1 N–H and O–H groups in total. The van der Waals surface area contributed by atoms with Crippen LogP contribution >= 0.6 is 0 Å². The van der Waals surface area contributed by atoms with Crippen molar-refractivity contribution in [3.8, 4) is 0 Å². The van der Waals surface area contributed by atoms with Crippen LogP contribution in [0.1, 0.15) is 53.4 Å². The molecule has 0 heterocycles. The number of rotatable bonds is 16. The van der Waals surface area contributed by atoms with Gasteiger partial charge in [-0.25, -0.2) is 0 Å². The Hall–Kier alpha value is -1.43. The van der Waals surface area contributed by atoms with Crippen LogP contribution in [0.2, 0.25) is 0 Å². The number of Topliss-reactive ketones (excluding diaryl/α,β-unsaturated/α-hetero) is 3. The van der Waals surface area contributed by atoms with Crippen molar-refractivity contribution >= 4 is 36.2 Å². The van der Waals surface area contributed by atoms with Crippen LogP contribution in [0.3, 0.4) is 0 Å². The maximum absolute atomic E-state index is 10.4. The van der Waals surface area contributed by atoms with E-state index in [0.29, 0.717) is 26.4 Å². The zero-order valence-corrected chi connectivity index (χ0v) is 21.0. The maximum Gasteiger partial charge on any atom is 3.00 e. The van der Waals surface area contributed by atoms with Gasteiger partial charge in [-0.05, 0) is 27.2 Å². The summed E-state index contributed by atoms with van der Waals surface area (Å²) in [5.74, 6) is -0.648. The molecule has 10 nitrogen and oxygen atoms in total. The summed E-state index contributed by atoms with van der Waals surface area (Å²) in [6, 6.07) is 0. The van der Waals surface area contributed by atoms with Gasteiger partial charge in [-0.2, -0.15) is 0 Å². The van der Waals surface area contributed by atoms with Crippen LogP contribution in [0.25, 0.3) is 0 Å². The van der Waals surface area contributed by atoms with Crippen molar-refractivity contribution in [2.24, 2.45) is 0 Å². The van der Waals surface area contributed by atoms with Gasteiger partial charge in [0.25, 0.3) is 0 Å². The third kappa shape index (κ3) is 51.3. The van der Waals surface area contributed by atoms with Crippen LogP contribution in [0.4, 0.5) is 0 Å². The fourth-order valence-corrected chi connectivity index (χ4v) is 1.04. The molecule has 0 aliphatic rings. The monoisotopic (exact) mass is 495 g/mol. The molecule has 0 spiro atoms. The summed E-state index contributed by atoms with van der Waals surface area (Å²) >= 11 is 0. The number of carbonyl (C=O) groups is 3. The average Bonchev–Trinajstić information content (AvgIpc) is 2.76. The molecule has 0 unspecified atom stereocenters. The predicted molar refractivity (Wildman–Crippen MR) is 113 cm³/mol. The van der Waals surface area contributed by atoms with Crippen LogP contribution in [0.5, 0.6) is 0 Å². The molecule has 0 saturated heterocycles. The van der Waals surface area contributed by atoms with Crippen molar-refractivity contribution in [3.05, 3.63) is 0 Å². The minimum absolute atomic E-state index is 0. The Bertz CT molecular complexity index is 392. The molecule has 32 heavy (non-hydrogen) atoms. The number of hydrogen-bond acceptors (Lipinski definition) is 10. The Balaban J connectivity index is -0.000000104. The summed E-state index contributed by atoms with van der Waals surface area (Å²) in [5.41, 5.74) is 0. The molecule has 0 aliphatic heterocycles. The van der Waals surface area contributed by atoms with Crippen molar-refractivity contribution in [1.82, 2.24) is 0 Å². The molecule has 183 valence electrons. The first kappa shape index (κ1) is 40.9. The van der Waals surface area contributed by atoms with E-state index in [1.165, 1.54) is 18.9 Å². The molecular formula is C21H35O10Ti. The minimum atomic E-state index is -0.216. The number of aliphatic hydroxyl groups excluding tert-OH is 1. The number of aliphatic hydroxyl groups is 1. The number of carbonyl (C=O) groups excluding carboxylic acids is 6. The minimum Gasteiger partial charge on any atom is -0.541 e. The summed E-state index contributed by atoms with van der Waals surface area (Å²) < 4.78 is 14.2. The molecule has 0 amide bonds. The smallest absolute Gasteiger partial charge is 0.541 e. The number of hydrogen-bond donors (Lipinski definition) is 1. The Morgan fingerprint density at radius 2 is 0.844 bits per heavy atom. The molecule has 0 aliphatic carbocycles. The largest absolute Gasteiger partial charge is 3.00 e. The summed E-state index contributed by atoms with van der Waals surface area (Å²) in [5, 5.41) is 7.88. The first-order valence-corrected chi connectivity index (χ1v) is 9.78.